The number of hydrogen-bond donors (Lipinski definition) is 1. The molecule has 0 unspecified atom stereocenters. The standard InChI is InChI=1S/C19H14N2O2S/c22-19(18-11-14-4-1-2-6-17(14)24-18)21-12-13-7-8-20-15(10-13)16-5-3-9-23-16/h1-11H,12H2,(H,21,22). The van der Waals surface area contributed by atoms with Crippen LogP contribution < -0.4 is 5.32 Å². The SMILES string of the molecule is O=C(NCc1ccnc(-c2ccco2)c1)c1cc2ccccc2s1. The molecule has 0 aliphatic rings. The first-order chi connectivity index (χ1) is 11.8. The number of nitrogens with one attached hydrogen (secondary N) is 1. The van der Waals surface area contributed by atoms with Crippen LogP contribution in [0.4, 0.5) is 0 Å². The lowest BCUT2D eigenvalue weighted by atomic mass is 10.2. The minimum atomic E-state index is -0.0624. The van der Waals surface area contributed by atoms with Gasteiger partial charge in [0.15, 0.2) is 5.76 Å². The van der Waals surface area contributed by atoms with E-state index in [-0.39, 0.29) is 5.91 Å². The van der Waals surface area contributed by atoms with E-state index < -0.39 is 0 Å². The lowest BCUT2D eigenvalue weighted by molar-refractivity contribution is 0.0955. The van der Waals surface area contributed by atoms with Crippen LogP contribution in [0.1, 0.15) is 15.2 Å². The molecule has 0 saturated heterocycles. The fourth-order valence-corrected chi connectivity index (χ4v) is 3.49. The van der Waals surface area contributed by atoms with Crippen LogP contribution >= 0.6 is 11.3 Å². The minimum absolute atomic E-state index is 0.0624. The first-order valence-corrected chi connectivity index (χ1v) is 8.37. The number of benzene rings is 1. The Morgan fingerprint density at radius 2 is 2.04 bits per heavy atom. The quantitative estimate of drug-likeness (QED) is 0.598. The third kappa shape index (κ3) is 2.94. The number of furan rings is 1. The maximum atomic E-state index is 12.4. The highest BCUT2D eigenvalue weighted by Crippen LogP contribution is 2.25. The molecule has 0 atom stereocenters. The van der Waals surface area contributed by atoms with Crippen molar-refractivity contribution in [3.05, 3.63) is 77.5 Å². The zero-order valence-corrected chi connectivity index (χ0v) is 13.5. The number of carbonyl (C=O) groups is 1. The molecular formula is C19H14N2O2S. The minimum Gasteiger partial charge on any atom is -0.463 e. The van der Waals surface area contributed by atoms with Gasteiger partial charge < -0.3 is 9.73 Å². The molecule has 0 spiro atoms. The molecule has 3 aromatic heterocycles. The summed E-state index contributed by atoms with van der Waals surface area (Å²) in [4.78, 5) is 17.4. The highest BCUT2D eigenvalue weighted by molar-refractivity contribution is 7.20. The molecule has 0 aliphatic carbocycles. The van der Waals surface area contributed by atoms with Crippen molar-refractivity contribution in [1.82, 2.24) is 10.3 Å². The Morgan fingerprint density at radius 1 is 1.12 bits per heavy atom. The molecule has 3 heterocycles. The van der Waals surface area contributed by atoms with Gasteiger partial charge >= 0.3 is 0 Å². The van der Waals surface area contributed by atoms with Gasteiger partial charge in [-0.25, -0.2) is 0 Å². The largest absolute Gasteiger partial charge is 0.463 e. The van der Waals surface area contributed by atoms with Crippen LogP contribution in [0.2, 0.25) is 0 Å². The molecule has 0 fully saturated rings. The zero-order chi connectivity index (χ0) is 16.4. The summed E-state index contributed by atoms with van der Waals surface area (Å²) in [6, 6.07) is 17.4. The number of hydrogen-bond acceptors (Lipinski definition) is 4. The summed E-state index contributed by atoms with van der Waals surface area (Å²) in [5.41, 5.74) is 1.74. The van der Waals surface area contributed by atoms with Crippen molar-refractivity contribution in [3.8, 4) is 11.5 Å². The number of thiophene rings is 1. The van der Waals surface area contributed by atoms with Gasteiger partial charge in [0.05, 0.1) is 11.1 Å². The molecule has 5 heteroatoms. The topological polar surface area (TPSA) is 55.1 Å². The average Bonchev–Trinajstić information content (AvgIpc) is 3.29. The smallest absolute Gasteiger partial charge is 0.261 e. The van der Waals surface area contributed by atoms with Crippen molar-refractivity contribution in [2.45, 2.75) is 6.54 Å². The first-order valence-electron chi connectivity index (χ1n) is 7.55. The molecule has 24 heavy (non-hydrogen) atoms. The second-order valence-corrected chi connectivity index (χ2v) is 6.44. The van der Waals surface area contributed by atoms with Crippen molar-refractivity contribution < 1.29 is 9.21 Å². The maximum Gasteiger partial charge on any atom is 0.261 e. The predicted molar refractivity (Wildman–Crippen MR) is 94.9 cm³/mol. The molecule has 1 aromatic carbocycles. The second-order valence-electron chi connectivity index (χ2n) is 5.36. The van der Waals surface area contributed by atoms with Crippen LogP contribution in [0.15, 0.2) is 71.5 Å². The average molecular weight is 334 g/mol. The highest BCUT2D eigenvalue weighted by Gasteiger charge is 2.10. The molecule has 4 rings (SSSR count). The Hall–Kier alpha value is -2.92. The van der Waals surface area contributed by atoms with Gasteiger partial charge in [0.2, 0.25) is 0 Å². The predicted octanol–water partition coefficient (Wildman–Crippen LogP) is 4.49. The molecular weight excluding hydrogens is 320 g/mol. The second kappa shape index (κ2) is 6.29. The summed E-state index contributed by atoms with van der Waals surface area (Å²) in [5, 5.41) is 4.06. The molecule has 118 valence electrons. The Labute approximate surface area is 142 Å². The van der Waals surface area contributed by atoms with E-state index in [2.05, 4.69) is 10.3 Å². The lowest BCUT2D eigenvalue weighted by Crippen LogP contribution is -2.21. The van der Waals surface area contributed by atoms with E-state index in [1.54, 1.807) is 12.5 Å². The molecule has 4 nitrogen and oxygen atoms in total. The first kappa shape index (κ1) is 14.7. The van der Waals surface area contributed by atoms with Crippen LogP contribution in [0, 0.1) is 0 Å². The van der Waals surface area contributed by atoms with Crippen molar-refractivity contribution in [2.24, 2.45) is 0 Å². The van der Waals surface area contributed by atoms with Gasteiger partial charge in [-0.3, -0.25) is 9.78 Å². The van der Waals surface area contributed by atoms with Crippen LogP contribution in [0.25, 0.3) is 21.5 Å². The third-order valence-corrected chi connectivity index (χ3v) is 4.82. The highest BCUT2D eigenvalue weighted by atomic mass is 32.1. The van der Waals surface area contributed by atoms with E-state index in [4.69, 9.17) is 4.42 Å². The summed E-state index contributed by atoms with van der Waals surface area (Å²) < 4.78 is 6.47. The van der Waals surface area contributed by atoms with E-state index in [1.165, 1.54) is 11.3 Å². The molecule has 1 N–H and O–H groups in total. The van der Waals surface area contributed by atoms with E-state index in [1.807, 2.05) is 54.6 Å². The lowest BCUT2D eigenvalue weighted by Gasteiger charge is -2.05. The number of nitrogens with zero attached hydrogens (tertiary/aromatic N) is 1. The fraction of sp³-hybridized carbons (Fsp3) is 0.0526. The van der Waals surface area contributed by atoms with Gasteiger partial charge in [-0.05, 0) is 47.3 Å². The van der Waals surface area contributed by atoms with E-state index in [9.17, 15) is 4.79 Å². The summed E-state index contributed by atoms with van der Waals surface area (Å²) in [5.74, 6) is 0.653. The van der Waals surface area contributed by atoms with Crippen molar-refractivity contribution >= 4 is 27.3 Å². The number of rotatable bonds is 4. The number of fused-ring (bicyclic) bond motifs is 1. The van der Waals surface area contributed by atoms with Gasteiger partial charge in [-0.15, -0.1) is 11.3 Å². The summed E-state index contributed by atoms with van der Waals surface area (Å²) in [6.07, 6.45) is 3.34. The third-order valence-electron chi connectivity index (χ3n) is 3.70. The van der Waals surface area contributed by atoms with Gasteiger partial charge in [-0.2, -0.15) is 0 Å². The van der Waals surface area contributed by atoms with Crippen LogP contribution in [-0.2, 0) is 6.54 Å². The Bertz CT molecular complexity index is 956. The Morgan fingerprint density at radius 3 is 2.88 bits per heavy atom. The van der Waals surface area contributed by atoms with Crippen LogP contribution in [0.5, 0.6) is 0 Å². The normalized spacial score (nSPS) is 10.8. The number of pyridine rings is 1. The van der Waals surface area contributed by atoms with E-state index >= 15 is 0 Å². The summed E-state index contributed by atoms with van der Waals surface area (Å²) >= 11 is 1.50. The maximum absolute atomic E-state index is 12.4. The van der Waals surface area contributed by atoms with Gasteiger partial charge in [-0.1, -0.05) is 18.2 Å². The van der Waals surface area contributed by atoms with Gasteiger partial charge in [0, 0.05) is 17.4 Å². The molecule has 0 bridgehead atoms. The molecule has 0 radical (unpaired) electrons. The summed E-state index contributed by atoms with van der Waals surface area (Å²) in [6.45, 7) is 0.448. The number of aromatic nitrogens is 1. The van der Waals surface area contributed by atoms with Gasteiger partial charge in [0.1, 0.15) is 5.69 Å². The fourth-order valence-electron chi connectivity index (χ4n) is 2.51. The zero-order valence-electron chi connectivity index (χ0n) is 12.7. The summed E-state index contributed by atoms with van der Waals surface area (Å²) in [7, 11) is 0. The van der Waals surface area contributed by atoms with Gasteiger partial charge in [0.25, 0.3) is 5.91 Å². The number of amides is 1. The Kier molecular flexibility index (Phi) is 3.84. The van der Waals surface area contributed by atoms with Crippen molar-refractivity contribution in [3.63, 3.8) is 0 Å². The molecule has 1 amide bonds. The number of carbonyl (C=O) groups excluding carboxylic acids is 1. The van der Waals surface area contributed by atoms with Crippen molar-refractivity contribution in [1.29, 1.82) is 0 Å². The Balaban J connectivity index is 1.48. The van der Waals surface area contributed by atoms with Crippen LogP contribution in [0.3, 0.4) is 0 Å². The molecule has 0 aliphatic heterocycles. The monoisotopic (exact) mass is 334 g/mol. The van der Waals surface area contributed by atoms with Crippen molar-refractivity contribution in [2.75, 3.05) is 0 Å². The molecule has 0 saturated carbocycles. The van der Waals surface area contributed by atoms with Crippen LogP contribution in [-0.4, -0.2) is 10.9 Å². The van der Waals surface area contributed by atoms with E-state index in [0.29, 0.717) is 12.3 Å². The molecule has 4 aromatic rings. The van der Waals surface area contributed by atoms with E-state index in [0.717, 1.165) is 26.2 Å².